The molecular formula is C17H26N2O2. The fourth-order valence-corrected chi connectivity index (χ4v) is 2.97. The molecule has 1 fully saturated rings. The highest BCUT2D eigenvalue weighted by molar-refractivity contribution is 5.76. The van der Waals surface area contributed by atoms with Crippen LogP contribution in [-0.2, 0) is 4.79 Å². The molecule has 1 aromatic carbocycles. The van der Waals surface area contributed by atoms with Gasteiger partial charge in [0.05, 0.1) is 13.0 Å². The van der Waals surface area contributed by atoms with Crippen LogP contribution in [0.3, 0.4) is 0 Å². The quantitative estimate of drug-likeness (QED) is 0.875. The third-order valence-corrected chi connectivity index (χ3v) is 4.32. The lowest BCUT2D eigenvalue weighted by Crippen LogP contribution is -2.49. The number of ether oxygens (including phenoxy) is 1. The van der Waals surface area contributed by atoms with Gasteiger partial charge in [0, 0.05) is 19.1 Å². The summed E-state index contributed by atoms with van der Waals surface area (Å²) in [4.78, 5) is 14.3. The predicted molar refractivity (Wildman–Crippen MR) is 84.1 cm³/mol. The molecule has 1 aliphatic heterocycles. The minimum absolute atomic E-state index is 0.163. The number of carbonyl (C=O) groups is 1. The molecule has 0 saturated carbocycles. The summed E-state index contributed by atoms with van der Waals surface area (Å²) in [5.41, 5.74) is 5.84. The van der Waals surface area contributed by atoms with Gasteiger partial charge in [-0.2, -0.15) is 0 Å². The first-order valence-electron chi connectivity index (χ1n) is 7.92. The van der Waals surface area contributed by atoms with Gasteiger partial charge in [0.2, 0.25) is 5.91 Å². The molecule has 1 aromatic rings. The Balaban J connectivity index is 1.79. The number of likely N-dealkylation sites (tertiary alicyclic amines) is 1. The van der Waals surface area contributed by atoms with E-state index in [4.69, 9.17) is 10.5 Å². The van der Waals surface area contributed by atoms with Crippen LogP contribution in [0, 0.1) is 5.92 Å². The van der Waals surface area contributed by atoms with Gasteiger partial charge >= 0.3 is 0 Å². The molecule has 2 N–H and O–H groups in total. The van der Waals surface area contributed by atoms with Crippen molar-refractivity contribution >= 4 is 5.91 Å². The molecule has 1 amide bonds. The monoisotopic (exact) mass is 290 g/mol. The van der Waals surface area contributed by atoms with E-state index >= 15 is 0 Å². The van der Waals surface area contributed by atoms with Crippen LogP contribution in [0.1, 0.15) is 32.6 Å². The number of amides is 1. The van der Waals surface area contributed by atoms with Crippen LogP contribution in [0.4, 0.5) is 0 Å². The lowest BCUT2D eigenvalue weighted by molar-refractivity contribution is -0.135. The molecule has 0 spiro atoms. The third kappa shape index (κ3) is 4.46. The fourth-order valence-electron chi connectivity index (χ4n) is 2.97. The Hall–Kier alpha value is -1.55. The lowest BCUT2D eigenvalue weighted by Gasteiger charge is -2.39. The van der Waals surface area contributed by atoms with E-state index in [1.165, 1.54) is 6.42 Å². The van der Waals surface area contributed by atoms with Crippen molar-refractivity contribution in [1.82, 2.24) is 4.90 Å². The number of nitrogens with two attached hydrogens (primary N) is 1. The molecule has 1 heterocycles. The maximum Gasteiger partial charge on any atom is 0.226 e. The van der Waals surface area contributed by atoms with Crippen molar-refractivity contribution in [3.8, 4) is 5.75 Å². The number of hydrogen-bond donors (Lipinski definition) is 1. The molecule has 21 heavy (non-hydrogen) atoms. The summed E-state index contributed by atoms with van der Waals surface area (Å²) in [5, 5.41) is 0. The Morgan fingerprint density at radius 2 is 2.14 bits per heavy atom. The van der Waals surface area contributed by atoms with Gasteiger partial charge in [-0.05, 0) is 30.9 Å². The zero-order valence-corrected chi connectivity index (χ0v) is 12.8. The van der Waals surface area contributed by atoms with Gasteiger partial charge in [-0.1, -0.05) is 31.5 Å². The number of rotatable bonds is 6. The first kappa shape index (κ1) is 15.8. The fraction of sp³-hybridized carbons (Fsp3) is 0.588. The first-order chi connectivity index (χ1) is 10.2. The van der Waals surface area contributed by atoms with Crippen LogP contribution in [0.15, 0.2) is 30.3 Å². The van der Waals surface area contributed by atoms with Gasteiger partial charge in [-0.25, -0.2) is 0 Å². The minimum atomic E-state index is 0.163. The average Bonchev–Trinajstić information content (AvgIpc) is 2.55. The summed E-state index contributed by atoms with van der Waals surface area (Å²) < 4.78 is 5.60. The molecule has 0 radical (unpaired) electrons. The van der Waals surface area contributed by atoms with Gasteiger partial charge in [0.1, 0.15) is 5.75 Å². The first-order valence-corrected chi connectivity index (χ1v) is 7.92. The third-order valence-electron chi connectivity index (χ3n) is 4.32. The average molecular weight is 290 g/mol. The van der Waals surface area contributed by atoms with Crippen LogP contribution >= 0.6 is 0 Å². The van der Waals surface area contributed by atoms with Crippen molar-refractivity contribution in [3.05, 3.63) is 30.3 Å². The zero-order chi connectivity index (χ0) is 15.1. The van der Waals surface area contributed by atoms with Crippen LogP contribution in [0.5, 0.6) is 5.75 Å². The second kappa shape index (κ2) is 8.03. The molecule has 4 nitrogen and oxygen atoms in total. The summed E-state index contributed by atoms with van der Waals surface area (Å²) in [6.07, 6.45) is 3.73. The van der Waals surface area contributed by atoms with E-state index in [-0.39, 0.29) is 11.9 Å². The second-order valence-corrected chi connectivity index (χ2v) is 5.69. The summed E-state index contributed by atoms with van der Waals surface area (Å²) in [7, 11) is 0. The molecule has 1 saturated heterocycles. The highest BCUT2D eigenvalue weighted by Crippen LogP contribution is 2.25. The smallest absolute Gasteiger partial charge is 0.226 e. The molecule has 2 unspecified atom stereocenters. The van der Waals surface area contributed by atoms with E-state index in [0.717, 1.165) is 25.1 Å². The second-order valence-electron chi connectivity index (χ2n) is 5.69. The topological polar surface area (TPSA) is 55.6 Å². The van der Waals surface area contributed by atoms with E-state index in [1.54, 1.807) is 0 Å². The van der Waals surface area contributed by atoms with Crippen molar-refractivity contribution in [2.24, 2.45) is 11.7 Å². The largest absolute Gasteiger partial charge is 0.493 e. The van der Waals surface area contributed by atoms with Gasteiger partial charge in [0.15, 0.2) is 0 Å². The van der Waals surface area contributed by atoms with Gasteiger partial charge in [-0.15, -0.1) is 0 Å². The van der Waals surface area contributed by atoms with Gasteiger partial charge < -0.3 is 15.4 Å². The number of para-hydroxylation sites is 1. The normalized spacial score (nSPS) is 22.1. The molecule has 0 aromatic heterocycles. The van der Waals surface area contributed by atoms with E-state index in [0.29, 0.717) is 25.5 Å². The number of hydrogen-bond acceptors (Lipinski definition) is 3. The van der Waals surface area contributed by atoms with Gasteiger partial charge in [0.25, 0.3) is 0 Å². The van der Waals surface area contributed by atoms with E-state index in [1.807, 2.05) is 35.2 Å². The zero-order valence-electron chi connectivity index (χ0n) is 12.8. The Labute approximate surface area is 127 Å². The van der Waals surface area contributed by atoms with E-state index in [9.17, 15) is 4.79 Å². The Morgan fingerprint density at radius 3 is 2.81 bits per heavy atom. The Morgan fingerprint density at radius 1 is 1.38 bits per heavy atom. The van der Waals surface area contributed by atoms with Crippen LogP contribution in [0.25, 0.3) is 0 Å². The molecule has 1 aliphatic rings. The lowest BCUT2D eigenvalue weighted by atomic mass is 9.88. The number of benzene rings is 1. The Bertz CT molecular complexity index is 436. The highest BCUT2D eigenvalue weighted by Gasteiger charge is 2.29. The number of nitrogens with zero attached hydrogens (tertiary/aromatic N) is 1. The van der Waals surface area contributed by atoms with Crippen LogP contribution < -0.4 is 10.5 Å². The van der Waals surface area contributed by atoms with Crippen molar-refractivity contribution in [2.45, 2.75) is 38.6 Å². The maximum atomic E-state index is 12.3. The molecule has 2 atom stereocenters. The van der Waals surface area contributed by atoms with E-state index < -0.39 is 0 Å². The summed E-state index contributed by atoms with van der Waals surface area (Å²) in [6, 6.07) is 9.81. The molecule has 4 heteroatoms. The number of piperidine rings is 1. The van der Waals surface area contributed by atoms with Crippen molar-refractivity contribution < 1.29 is 9.53 Å². The van der Waals surface area contributed by atoms with Crippen LogP contribution in [-0.4, -0.2) is 36.5 Å². The standard InChI is InChI=1S/C17H26N2O2/c1-2-14-8-10-19(15(12-14)13-18)17(20)9-11-21-16-6-4-3-5-7-16/h3-7,14-15H,2,8-13,18H2,1H3. The SMILES string of the molecule is CCC1CCN(C(=O)CCOc2ccccc2)C(CN)C1. The summed E-state index contributed by atoms with van der Waals surface area (Å²) >= 11 is 0. The highest BCUT2D eigenvalue weighted by atomic mass is 16.5. The van der Waals surface area contributed by atoms with Crippen molar-refractivity contribution in [2.75, 3.05) is 19.7 Å². The molecular weight excluding hydrogens is 264 g/mol. The maximum absolute atomic E-state index is 12.3. The predicted octanol–water partition coefficient (Wildman–Crippen LogP) is 2.43. The molecule has 0 bridgehead atoms. The minimum Gasteiger partial charge on any atom is -0.493 e. The summed E-state index contributed by atoms with van der Waals surface area (Å²) in [5.74, 6) is 1.68. The van der Waals surface area contributed by atoms with E-state index in [2.05, 4.69) is 6.92 Å². The van der Waals surface area contributed by atoms with Crippen molar-refractivity contribution in [1.29, 1.82) is 0 Å². The van der Waals surface area contributed by atoms with Crippen molar-refractivity contribution in [3.63, 3.8) is 0 Å². The molecule has 116 valence electrons. The Kier molecular flexibility index (Phi) is 6.05. The number of carbonyl (C=O) groups excluding carboxylic acids is 1. The van der Waals surface area contributed by atoms with Crippen LogP contribution in [0.2, 0.25) is 0 Å². The molecule has 2 rings (SSSR count). The molecule has 0 aliphatic carbocycles. The summed E-state index contributed by atoms with van der Waals surface area (Å²) in [6.45, 7) is 4.03. The van der Waals surface area contributed by atoms with Gasteiger partial charge in [-0.3, -0.25) is 4.79 Å².